The zero-order chi connectivity index (χ0) is 7.44. The number of hydrogen-bond acceptors (Lipinski definition) is 2. The molecule has 3 N–H and O–H groups in total. The fourth-order valence-electron chi connectivity index (χ4n) is 0.390. The van der Waals surface area contributed by atoms with Gasteiger partial charge in [0.25, 0.3) is 0 Å². The number of nitrogens with two attached hydrogens (primary N) is 1. The molecule has 0 heterocycles. The van der Waals surface area contributed by atoms with E-state index in [0.29, 0.717) is 6.42 Å². The first-order valence-corrected chi connectivity index (χ1v) is 2.72. The highest BCUT2D eigenvalue weighted by atomic mass is 19.1. The van der Waals surface area contributed by atoms with Gasteiger partial charge in [0.2, 0.25) is 6.17 Å². The van der Waals surface area contributed by atoms with Gasteiger partial charge in [-0.2, -0.15) is 0 Å². The van der Waals surface area contributed by atoms with E-state index in [1.54, 1.807) is 6.92 Å². The highest BCUT2D eigenvalue weighted by molar-refractivity contribution is 5.72. The van der Waals surface area contributed by atoms with E-state index < -0.39 is 18.2 Å². The Morgan fingerprint density at radius 3 is 2.44 bits per heavy atom. The number of carboxylic acid groups (broad SMARTS) is 1. The van der Waals surface area contributed by atoms with Crippen molar-refractivity contribution in [2.24, 2.45) is 5.73 Å². The molecule has 0 saturated heterocycles. The van der Waals surface area contributed by atoms with Gasteiger partial charge >= 0.3 is 5.97 Å². The smallest absolute Gasteiger partial charge is 0.339 e. The summed E-state index contributed by atoms with van der Waals surface area (Å²) in [7, 11) is 0. The summed E-state index contributed by atoms with van der Waals surface area (Å²) in [6.45, 7) is 1.64. The Kier molecular flexibility index (Phi) is 3.16. The van der Waals surface area contributed by atoms with E-state index in [9.17, 15) is 9.18 Å². The molecule has 3 nitrogen and oxygen atoms in total. The normalized spacial score (nSPS) is 16.8. The van der Waals surface area contributed by atoms with Crippen LogP contribution >= 0.6 is 0 Å². The molecule has 9 heavy (non-hydrogen) atoms. The van der Waals surface area contributed by atoms with Gasteiger partial charge in [0.05, 0.1) is 0 Å². The van der Waals surface area contributed by atoms with Crippen LogP contribution in [0.3, 0.4) is 0 Å². The monoisotopic (exact) mass is 135 g/mol. The number of alkyl halides is 1. The van der Waals surface area contributed by atoms with Crippen molar-refractivity contribution in [2.45, 2.75) is 25.6 Å². The largest absolute Gasteiger partial charge is 0.479 e. The molecule has 2 atom stereocenters. The number of hydrogen-bond donors (Lipinski definition) is 2. The molecule has 0 rings (SSSR count). The summed E-state index contributed by atoms with van der Waals surface area (Å²) in [4.78, 5) is 9.84. The molecular weight excluding hydrogens is 125 g/mol. The van der Waals surface area contributed by atoms with Gasteiger partial charge < -0.3 is 10.8 Å². The van der Waals surface area contributed by atoms with E-state index in [1.165, 1.54) is 0 Å². The highest BCUT2D eigenvalue weighted by Gasteiger charge is 2.22. The molecule has 0 aromatic heterocycles. The van der Waals surface area contributed by atoms with Crippen molar-refractivity contribution in [3.05, 3.63) is 0 Å². The molecule has 2 unspecified atom stereocenters. The van der Waals surface area contributed by atoms with E-state index in [2.05, 4.69) is 0 Å². The quantitative estimate of drug-likeness (QED) is 0.578. The molecule has 0 radical (unpaired) electrons. The van der Waals surface area contributed by atoms with Crippen LogP contribution in [0, 0.1) is 0 Å². The van der Waals surface area contributed by atoms with Gasteiger partial charge in [0.1, 0.15) is 0 Å². The first-order valence-electron chi connectivity index (χ1n) is 2.72. The van der Waals surface area contributed by atoms with E-state index in [1.807, 2.05) is 0 Å². The third-order valence-electron chi connectivity index (χ3n) is 1.08. The lowest BCUT2D eigenvalue weighted by molar-refractivity contribution is -0.143. The highest BCUT2D eigenvalue weighted by Crippen LogP contribution is 1.99. The summed E-state index contributed by atoms with van der Waals surface area (Å²) in [5.41, 5.74) is 5.06. The zero-order valence-corrected chi connectivity index (χ0v) is 5.17. The molecule has 0 bridgehead atoms. The minimum Gasteiger partial charge on any atom is -0.479 e. The first kappa shape index (κ1) is 8.36. The second-order valence-corrected chi connectivity index (χ2v) is 1.81. The third kappa shape index (κ3) is 2.41. The second kappa shape index (κ2) is 3.40. The lowest BCUT2D eigenvalue weighted by Gasteiger charge is -2.08. The van der Waals surface area contributed by atoms with Crippen LogP contribution < -0.4 is 5.73 Å². The molecule has 0 saturated carbocycles. The average molecular weight is 135 g/mol. The van der Waals surface area contributed by atoms with Gasteiger partial charge in [-0.15, -0.1) is 0 Å². The molecule has 4 heteroatoms. The molecule has 0 amide bonds. The van der Waals surface area contributed by atoms with Gasteiger partial charge in [-0.1, -0.05) is 6.92 Å². The minimum absolute atomic E-state index is 0.341. The Morgan fingerprint density at radius 1 is 1.89 bits per heavy atom. The molecule has 0 aliphatic carbocycles. The summed E-state index contributed by atoms with van der Waals surface area (Å²) in [5, 5.41) is 8.03. The van der Waals surface area contributed by atoms with E-state index >= 15 is 0 Å². The topological polar surface area (TPSA) is 63.3 Å². The van der Waals surface area contributed by atoms with Crippen LogP contribution in [0.25, 0.3) is 0 Å². The van der Waals surface area contributed by atoms with Crippen molar-refractivity contribution in [3.63, 3.8) is 0 Å². The van der Waals surface area contributed by atoms with Crippen LogP contribution in [0.2, 0.25) is 0 Å². The average Bonchev–Trinajstić information content (AvgIpc) is 1.84. The van der Waals surface area contributed by atoms with E-state index in [-0.39, 0.29) is 0 Å². The van der Waals surface area contributed by atoms with Crippen LogP contribution in [0.15, 0.2) is 0 Å². The predicted molar refractivity (Wildman–Crippen MR) is 30.8 cm³/mol. The van der Waals surface area contributed by atoms with Crippen molar-refractivity contribution in [1.82, 2.24) is 0 Å². The van der Waals surface area contributed by atoms with Crippen molar-refractivity contribution in [1.29, 1.82) is 0 Å². The molecule has 0 aromatic carbocycles. The van der Waals surface area contributed by atoms with Crippen LogP contribution in [0.4, 0.5) is 4.39 Å². The number of aliphatic carboxylic acids is 1. The van der Waals surface area contributed by atoms with Crippen molar-refractivity contribution >= 4 is 5.97 Å². The minimum atomic E-state index is -1.92. The molecule has 0 aromatic rings. The van der Waals surface area contributed by atoms with E-state index in [4.69, 9.17) is 10.8 Å². The molecule has 54 valence electrons. The SMILES string of the molecule is CCC(N)C(F)C(=O)O. The van der Waals surface area contributed by atoms with Crippen LogP contribution in [-0.2, 0) is 4.79 Å². The first-order chi connectivity index (χ1) is 4.09. The zero-order valence-electron chi connectivity index (χ0n) is 5.17. The number of carbonyl (C=O) groups is 1. The Morgan fingerprint density at radius 2 is 2.33 bits per heavy atom. The van der Waals surface area contributed by atoms with Crippen molar-refractivity contribution in [2.75, 3.05) is 0 Å². The van der Waals surface area contributed by atoms with Gasteiger partial charge in [-0.3, -0.25) is 0 Å². The molecular formula is C5H10FNO2. The van der Waals surface area contributed by atoms with Gasteiger partial charge in [0, 0.05) is 6.04 Å². The summed E-state index contributed by atoms with van der Waals surface area (Å²) in [5.74, 6) is -1.48. The summed E-state index contributed by atoms with van der Waals surface area (Å²) < 4.78 is 12.2. The van der Waals surface area contributed by atoms with Gasteiger partial charge in [0.15, 0.2) is 0 Å². The van der Waals surface area contributed by atoms with Crippen molar-refractivity contribution < 1.29 is 14.3 Å². The van der Waals surface area contributed by atoms with Crippen LogP contribution in [0.5, 0.6) is 0 Å². The molecule has 0 fully saturated rings. The maximum Gasteiger partial charge on any atom is 0.339 e. The lowest BCUT2D eigenvalue weighted by atomic mass is 10.1. The Hall–Kier alpha value is -0.640. The maximum absolute atomic E-state index is 12.2. The fourth-order valence-corrected chi connectivity index (χ4v) is 0.390. The van der Waals surface area contributed by atoms with Gasteiger partial charge in [-0.25, -0.2) is 9.18 Å². The Balaban J connectivity index is 3.72. The molecule has 0 aliphatic heterocycles. The molecule has 0 aliphatic rings. The van der Waals surface area contributed by atoms with Crippen LogP contribution in [0.1, 0.15) is 13.3 Å². The van der Waals surface area contributed by atoms with Crippen LogP contribution in [-0.4, -0.2) is 23.3 Å². The summed E-state index contributed by atoms with van der Waals surface area (Å²) in [6.07, 6.45) is -1.58. The van der Waals surface area contributed by atoms with E-state index in [0.717, 1.165) is 0 Å². The molecule has 0 spiro atoms. The summed E-state index contributed by atoms with van der Waals surface area (Å²) in [6, 6.07) is -0.873. The Bertz CT molecular complexity index is 107. The second-order valence-electron chi connectivity index (χ2n) is 1.81. The Labute approximate surface area is 52.7 Å². The standard InChI is InChI=1S/C5H10FNO2/c1-2-3(7)4(6)5(8)9/h3-4H,2,7H2,1H3,(H,8,9). The third-order valence-corrected chi connectivity index (χ3v) is 1.08. The maximum atomic E-state index is 12.2. The predicted octanol–water partition coefficient (Wildman–Crippen LogP) is 0.146. The fraction of sp³-hybridized carbons (Fsp3) is 0.800. The summed E-state index contributed by atoms with van der Waals surface area (Å²) >= 11 is 0. The van der Waals surface area contributed by atoms with Crippen molar-refractivity contribution in [3.8, 4) is 0 Å². The number of carboxylic acids is 1. The lowest BCUT2D eigenvalue weighted by Crippen LogP contribution is -2.36. The van der Waals surface area contributed by atoms with Gasteiger partial charge in [-0.05, 0) is 6.42 Å². The number of halogens is 1. The number of rotatable bonds is 3.